The number of carbonyl (C=O) groups is 1. The third kappa shape index (κ3) is 2.10. The molecule has 1 aliphatic heterocycles. The second-order valence-corrected chi connectivity index (χ2v) is 5.89. The minimum absolute atomic E-state index is 0.0150. The first-order valence-corrected chi connectivity index (χ1v) is 7.32. The molecule has 0 spiro atoms. The number of hydrogen-bond donors (Lipinski definition) is 1. The summed E-state index contributed by atoms with van der Waals surface area (Å²) >= 11 is 3.48. The number of nitrogen functional groups attached to an aromatic ring is 1. The van der Waals surface area contributed by atoms with Crippen molar-refractivity contribution in [2.24, 2.45) is 0 Å². The highest BCUT2D eigenvalue weighted by Gasteiger charge is 2.27. The summed E-state index contributed by atoms with van der Waals surface area (Å²) < 4.78 is 0.833. The van der Waals surface area contributed by atoms with Crippen LogP contribution in [0.2, 0.25) is 0 Å². The fourth-order valence-corrected chi connectivity index (χ4v) is 3.27. The highest BCUT2D eigenvalue weighted by atomic mass is 79.9. The van der Waals surface area contributed by atoms with Gasteiger partial charge in [0.1, 0.15) is 0 Å². The SMILES string of the molecule is Cc1ccc(C(=O)N2CCc3c(N)cccc32)c(Br)c1. The Balaban J connectivity index is 2.00. The predicted octanol–water partition coefficient (Wildman–Crippen LogP) is 3.54. The van der Waals surface area contributed by atoms with E-state index in [0.717, 1.165) is 33.4 Å². The summed E-state index contributed by atoms with van der Waals surface area (Å²) in [5, 5.41) is 0. The van der Waals surface area contributed by atoms with E-state index in [1.807, 2.05) is 43.3 Å². The molecule has 1 heterocycles. The van der Waals surface area contributed by atoms with Crippen LogP contribution in [0, 0.1) is 6.92 Å². The van der Waals surface area contributed by atoms with Crippen molar-refractivity contribution < 1.29 is 4.79 Å². The molecular formula is C16H15BrN2O. The van der Waals surface area contributed by atoms with Gasteiger partial charge < -0.3 is 10.6 Å². The summed E-state index contributed by atoms with van der Waals surface area (Å²) in [5.74, 6) is 0.0150. The Bertz CT molecular complexity index is 697. The third-order valence-electron chi connectivity index (χ3n) is 3.66. The molecular weight excluding hydrogens is 316 g/mol. The van der Waals surface area contributed by atoms with E-state index in [-0.39, 0.29) is 5.91 Å². The van der Waals surface area contributed by atoms with Crippen molar-refractivity contribution in [2.75, 3.05) is 17.2 Å². The summed E-state index contributed by atoms with van der Waals surface area (Å²) in [4.78, 5) is 14.5. The van der Waals surface area contributed by atoms with Gasteiger partial charge >= 0.3 is 0 Å². The van der Waals surface area contributed by atoms with Crippen molar-refractivity contribution >= 4 is 33.2 Å². The van der Waals surface area contributed by atoms with Crippen molar-refractivity contribution in [3.8, 4) is 0 Å². The predicted molar refractivity (Wildman–Crippen MR) is 85.1 cm³/mol. The molecule has 1 aliphatic rings. The maximum atomic E-state index is 12.7. The number of carbonyl (C=O) groups excluding carboxylic acids is 1. The number of fused-ring (bicyclic) bond motifs is 1. The molecule has 0 radical (unpaired) electrons. The maximum Gasteiger partial charge on any atom is 0.259 e. The average Bonchev–Trinajstić information content (AvgIpc) is 2.83. The van der Waals surface area contributed by atoms with Gasteiger partial charge in [-0.05, 0) is 59.1 Å². The Morgan fingerprint density at radius 3 is 2.85 bits per heavy atom. The van der Waals surface area contributed by atoms with E-state index in [9.17, 15) is 4.79 Å². The van der Waals surface area contributed by atoms with E-state index in [4.69, 9.17) is 5.73 Å². The molecule has 0 fully saturated rings. The lowest BCUT2D eigenvalue weighted by molar-refractivity contribution is 0.0988. The first kappa shape index (κ1) is 13.2. The molecule has 2 N–H and O–H groups in total. The van der Waals surface area contributed by atoms with Crippen molar-refractivity contribution in [2.45, 2.75) is 13.3 Å². The lowest BCUT2D eigenvalue weighted by Gasteiger charge is -2.18. The number of hydrogen-bond acceptors (Lipinski definition) is 2. The molecule has 2 aromatic rings. The van der Waals surface area contributed by atoms with Crippen LogP contribution in [0.4, 0.5) is 11.4 Å². The normalized spacial score (nSPS) is 13.4. The highest BCUT2D eigenvalue weighted by molar-refractivity contribution is 9.10. The quantitative estimate of drug-likeness (QED) is 0.813. The Morgan fingerprint density at radius 1 is 1.30 bits per heavy atom. The van der Waals surface area contributed by atoms with Crippen LogP contribution in [-0.2, 0) is 6.42 Å². The lowest BCUT2D eigenvalue weighted by Crippen LogP contribution is -2.29. The van der Waals surface area contributed by atoms with Gasteiger partial charge in [0.15, 0.2) is 0 Å². The topological polar surface area (TPSA) is 46.3 Å². The van der Waals surface area contributed by atoms with Gasteiger partial charge in [-0.15, -0.1) is 0 Å². The zero-order valence-electron chi connectivity index (χ0n) is 11.2. The standard InChI is InChI=1S/C16H15BrN2O/c1-10-5-6-11(13(17)9-10)16(20)19-8-7-12-14(18)3-2-4-15(12)19/h2-6,9H,7-8,18H2,1H3. The van der Waals surface area contributed by atoms with Crippen LogP contribution in [0.25, 0.3) is 0 Å². The first-order chi connectivity index (χ1) is 9.58. The van der Waals surface area contributed by atoms with Crippen LogP contribution in [0.5, 0.6) is 0 Å². The van der Waals surface area contributed by atoms with Crippen molar-refractivity contribution in [1.29, 1.82) is 0 Å². The van der Waals surface area contributed by atoms with Crippen LogP contribution in [0.3, 0.4) is 0 Å². The number of aryl methyl sites for hydroxylation is 1. The molecule has 1 amide bonds. The number of nitrogens with zero attached hydrogens (tertiary/aromatic N) is 1. The molecule has 0 aliphatic carbocycles. The smallest absolute Gasteiger partial charge is 0.259 e. The minimum Gasteiger partial charge on any atom is -0.398 e. The Labute approximate surface area is 126 Å². The molecule has 3 rings (SSSR count). The number of benzene rings is 2. The lowest BCUT2D eigenvalue weighted by atomic mass is 10.1. The van der Waals surface area contributed by atoms with Gasteiger partial charge in [0, 0.05) is 28.0 Å². The minimum atomic E-state index is 0.0150. The van der Waals surface area contributed by atoms with Gasteiger partial charge in [0.05, 0.1) is 5.56 Å². The fraction of sp³-hybridized carbons (Fsp3) is 0.188. The van der Waals surface area contributed by atoms with E-state index in [1.165, 1.54) is 0 Å². The molecule has 3 nitrogen and oxygen atoms in total. The molecule has 102 valence electrons. The molecule has 20 heavy (non-hydrogen) atoms. The van der Waals surface area contributed by atoms with Crippen LogP contribution >= 0.6 is 15.9 Å². The summed E-state index contributed by atoms with van der Waals surface area (Å²) in [6, 6.07) is 11.5. The van der Waals surface area contributed by atoms with Crippen molar-refractivity contribution in [3.05, 3.63) is 57.6 Å². The Kier molecular flexibility index (Phi) is 3.26. The molecule has 0 unspecified atom stereocenters. The van der Waals surface area contributed by atoms with E-state index in [0.29, 0.717) is 12.1 Å². The maximum absolute atomic E-state index is 12.7. The molecule has 0 atom stereocenters. The van der Waals surface area contributed by atoms with Gasteiger partial charge in [0.25, 0.3) is 5.91 Å². The van der Waals surface area contributed by atoms with Gasteiger partial charge in [-0.25, -0.2) is 0 Å². The summed E-state index contributed by atoms with van der Waals surface area (Å²) in [7, 11) is 0. The monoisotopic (exact) mass is 330 g/mol. The number of nitrogens with two attached hydrogens (primary N) is 1. The number of amides is 1. The van der Waals surface area contributed by atoms with Crippen LogP contribution < -0.4 is 10.6 Å². The van der Waals surface area contributed by atoms with E-state index < -0.39 is 0 Å². The molecule has 0 aromatic heterocycles. The van der Waals surface area contributed by atoms with E-state index in [1.54, 1.807) is 4.90 Å². The number of anilines is 2. The van der Waals surface area contributed by atoms with Gasteiger partial charge in [-0.3, -0.25) is 4.79 Å². The molecule has 0 saturated heterocycles. The molecule has 2 aromatic carbocycles. The average molecular weight is 331 g/mol. The number of rotatable bonds is 1. The second-order valence-electron chi connectivity index (χ2n) is 5.04. The van der Waals surface area contributed by atoms with Gasteiger partial charge in [0.2, 0.25) is 0 Å². The molecule has 0 saturated carbocycles. The van der Waals surface area contributed by atoms with Crippen LogP contribution in [0.1, 0.15) is 21.5 Å². The molecule has 4 heteroatoms. The van der Waals surface area contributed by atoms with Gasteiger partial charge in [-0.2, -0.15) is 0 Å². The van der Waals surface area contributed by atoms with Crippen LogP contribution in [-0.4, -0.2) is 12.5 Å². The second kappa shape index (κ2) is 4.94. The van der Waals surface area contributed by atoms with Gasteiger partial charge in [-0.1, -0.05) is 12.1 Å². The van der Waals surface area contributed by atoms with E-state index >= 15 is 0 Å². The summed E-state index contributed by atoms with van der Waals surface area (Å²) in [5.41, 5.74) is 10.6. The zero-order chi connectivity index (χ0) is 14.3. The largest absolute Gasteiger partial charge is 0.398 e. The van der Waals surface area contributed by atoms with Crippen LogP contribution in [0.15, 0.2) is 40.9 Å². The number of halogens is 1. The Hall–Kier alpha value is -1.81. The first-order valence-electron chi connectivity index (χ1n) is 6.53. The van der Waals surface area contributed by atoms with E-state index in [2.05, 4.69) is 15.9 Å². The fourth-order valence-electron chi connectivity index (χ4n) is 2.61. The Morgan fingerprint density at radius 2 is 2.10 bits per heavy atom. The van der Waals surface area contributed by atoms with Crippen molar-refractivity contribution in [1.82, 2.24) is 0 Å². The zero-order valence-corrected chi connectivity index (χ0v) is 12.8. The summed E-state index contributed by atoms with van der Waals surface area (Å²) in [6.45, 7) is 2.69. The third-order valence-corrected chi connectivity index (χ3v) is 4.32. The molecule has 0 bridgehead atoms. The van der Waals surface area contributed by atoms with Crippen molar-refractivity contribution in [3.63, 3.8) is 0 Å². The summed E-state index contributed by atoms with van der Waals surface area (Å²) in [6.07, 6.45) is 0.817. The highest BCUT2D eigenvalue weighted by Crippen LogP contribution is 2.34.